The van der Waals surface area contributed by atoms with Crippen molar-refractivity contribution < 1.29 is 4.79 Å². The fourth-order valence-electron chi connectivity index (χ4n) is 2.70. The zero-order chi connectivity index (χ0) is 14.4. The average Bonchev–Trinajstić information content (AvgIpc) is 2.70. The van der Waals surface area contributed by atoms with Crippen LogP contribution in [0.3, 0.4) is 0 Å². The van der Waals surface area contributed by atoms with Crippen molar-refractivity contribution in [3.05, 3.63) is 35.9 Å². The Kier molecular flexibility index (Phi) is 5.56. The second kappa shape index (κ2) is 7.41. The molecule has 0 radical (unpaired) electrons. The van der Waals surface area contributed by atoms with Crippen LogP contribution in [0.2, 0.25) is 0 Å². The number of likely N-dealkylation sites (N-methyl/N-ethyl adjacent to an activating group) is 1. The van der Waals surface area contributed by atoms with Crippen molar-refractivity contribution >= 4 is 5.91 Å². The molecule has 1 amide bonds. The minimum Gasteiger partial charge on any atom is -0.341 e. The van der Waals surface area contributed by atoms with Crippen LogP contribution in [-0.4, -0.2) is 55.5 Å². The molecule has 0 aliphatic carbocycles. The number of amides is 1. The van der Waals surface area contributed by atoms with Crippen LogP contribution in [0.15, 0.2) is 30.3 Å². The highest BCUT2D eigenvalue weighted by Crippen LogP contribution is 2.13. The van der Waals surface area contributed by atoms with E-state index in [0.717, 1.165) is 39.0 Å². The van der Waals surface area contributed by atoms with Gasteiger partial charge >= 0.3 is 0 Å². The molecule has 0 saturated carbocycles. The van der Waals surface area contributed by atoms with Gasteiger partial charge in [-0.05, 0) is 32.0 Å². The third kappa shape index (κ3) is 4.05. The highest BCUT2D eigenvalue weighted by Gasteiger charge is 2.24. The summed E-state index contributed by atoms with van der Waals surface area (Å²) in [6.07, 6.45) is 1.79. The van der Waals surface area contributed by atoms with Gasteiger partial charge in [-0.1, -0.05) is 30.3 Å². The molecule has 1 aromatic rings. The molecule has 1 aliphatic heterocycles. The molecule has 1 unspecified atom stereocenters. The standard InChI is InChI=1S/C16H25N3O/c1-18-8-5-9-19(11-10-18)16(20)15(13-17)12-14-6-3-2-4-7-14/h2-4,6-7,15H,5,8-13,17H2,1H3. The molecule has 1 atom stereocenters. The lowest BCUT2D eigenvalue weighted by Crippen LogP contribution is -2.41. The van der Waals surface area contributed by atoms with Crippen molar-refractivity contribution in [3.8, 4) is 0 Å². The predicted molar refractivity (Wildman–Crippen MR) is 81.4 cm³/mol. The van der Waals surface area contributed by atoms with Crippen LogP contribution < -0.4 is 5.73 Å². The summed E-state index contributed by atoms with van der Waals surface area (Å²) in [6, 6.07) is 10.1. The van der Waals surface area contributed by atoms with Gasteiger partial charge in [-0.2, -0.15) is 0 Å². The first-order valence-corrected chi connectivity index (χ1v) is 7.42. The van der Waals surface area contributed by atoms with Crippen LogP contribution in [0.25, 0.3) is 0 Å². The van der Waals surface area contributed by atoms with E-state index in [-0.39, 0.29) is 11.8 Å². The van der Waals surface area contributed by atoms with Crippen LogP contribution in [0.1, 0.15) is 12.0 Å². The number of nitrogens with zero attached hydrogens (tertiary/aromatic N) is 2. The van der Waals surface area contributed by atoms with E-state index in [4.69, 9.17) is 5.73 Å². The smallest absolute Gasteiger partial charge is 0.227 e. The largest absolute Gasteiger partial charge is 0.341 e. The van der Waals surface area contributed by atoms with E-state index in [9.17, 15) is 4.79 Å². The fraction of sp³-hybridized carbons (Fsp3) is 0.562. The van der Waals surface area contributed by atoms with Crippen molar-refractivity contribution in [1.82, 2.24) is 9.80 Å². The normalized spacial score (nSPS) is 18.6. The number of hydrogen-bond acceptors (Lipinski definition) is 3. The molecule has 110 valence electrons. The Balaban J connectivity index is 1.97. The van der Waals surface area contributed by atoms with E-state index in [1.807, 2.05) is 23.1 Å². The number of hydrogen-bond donors (Lipinski definition) is 1. The number of nitrogens with two attached hydrogens (primary N) is 1. The molecule has 0 bridgehead atoms. The van der Waals surface area contributed by atoms with E-state index in [1.54, 1.807) is 0 Å². The molecule has 4 heteroatoms. The fourth-order valence-corrected chi connectivity index (χ4v) is 2.70. The lowest BCUT2D eigenvalue weighted by Gasteiger charge is -2.25. The summed E-state index contributed by atoms with van der Waals surface area (Å²) in [4.78, 5) is 16.9. The van der Waals surface area contributed by atoms with Gasteiger partial charge in [0.15, 0.2) is 0 Å². The Morgan fingerprint density at radius 2 is 1.95 bits per heavy atom. The molecule has 20 heavy (non-hydrogen) atoms. The van der Waals surface area contributed by atoms with Crippen molar-refractivity contribution in [2.24, 2.45) is 11.7 Å². The van der Waals surface area contributed by atoms with E-state index < -0.39 is 0 Å². The Hall–Kier alpha value is -1.39. The van der Waals surface area contributed by atoms with Gasteiger partial charge in [-0.3, -0.25) is 4.79 Å². The van der Waals surface area contributed by atoms with E-state index in [1.165, 1.54) is 5.56 Å². The van der Waals surface area contributed by atoms with Crippen LogP contribution in [0.5, 0.6) is 0 Å². The number of carbonyl (C=O) groups is 1. The van der Waals surface area contributed by atoms with Gasteiger partial charge in [0, 0.05) is 26.2 Å². The van der Waals surface area contributed by atoms with Crippen molar-refractivity contribution in [1.29, 1.82) is 0 Å². The molecule has 1 aliphatic rings. The van der Waals surface area contributed by atoms with Gasteiger partial charge in [0.25, 0.3) is 0 Å². The summed E-state index contributed by atoms with van der Waals surface area (Å²) < 4.78 is 0. The van der Waals surface area contributed by atoms with Gasteiger partial charge in [-0.15, -0.1) is 0 Å². The highest BCUT2D eigenvalue weighted by atomic mass is 16.2. The minimum atomic E-state index is -0.0965. The van der Waals surface area contributed by atoms with Crippen LogP contribution >= 0.6 is 0 Å². The summed E-state index contributed by atoms with van der Waals surface area (Å²) in [5, 5.41) is 0. The Morgan fingerprint density at radius 1 is 1.20 bits per heavy atom. The van der Waals surface area contributed by atoms with E-state index in [0.29, 0.717) is 6.54 Å². The van der Waals surface area contributed by atoms with Gasteiger partial charge in [-0.25, -0.2) is 0 Å². The Bertz CT molecular complexity index is 421. The molecule has 1 fully saturated rings. The monoisotopic (exact) mass is 275 g/mol. The van der Waals surface area contributed by atoms with Crippen LogP contribution in [0.4, 0.5) is 0 Å². The Morgan fingerprint density at radius 3 is 2.65 bits per heavy atom. The average molecular weight is 275 g/mol. The Labute approximate surface area is 121 Å². The predicted octanol–water partition coefficient (Wildman–Crippen LogP) is 0.968. The third-order valence-corrected chi connectivity index (χ3v) is 3.99. The molecule has 1 heterocycles. The molecule has 4 nitrogen and oxygen atoms in total. The summed E-state index contributed by atoms with van der Waals surface area (Å²) >= 11 is 0. The first-order chi connectivity index (χ1) is 9.70. The first-order valence-electron chi connectivity index (χ1n) is 7.42. The maximum Gasteiger partial charge on any atom is 0.227 e. The maximum absolute atomic E-state index is 12.6. The molecular formula is C16H25N3O. The quantitative estimate of drug-likeness (QED) is 0.891. The minimum absolute atomic E-state index is 0.0965. The van der Waals surface area contributed by atoms with Crippen molar-refractivity contribution in [2.75, 3.05) is 39.8 Å². The van der Waals surface area contributed by atoms with Crippen LogP contribution in [-0.2, 0) is 11.2 Å². The van der Waals surface area contributed by atoms with Crippen molar-refractivity contribution in [2.45, 2.75) is 12.8 Å². The van der Waals surface area contributed by atoms with Gasteiger partial charge in [0.05, 0.1) is 5.92 Å². The molecule has 0 aromatic heterocycles. The zero-order valence-electron chi connectivity index (χ0n) is 12.3. The summed E-state index contributed by atoms with van der Waals surface area (Å²) in [6.45, 7) is 4.11. The first kappa shape index (κ1) is 15.0. The SMILES string of the molecule is CN1CCCN(C(=O)C(CN)Cc2ccccc2)CC1. The van der Waals surface area contributed by atoms with Crippen LogP contribution in [0, 0.1) is 5.92 Å². The third-order valence-electron chi connectivity index (χ3n) is 3.99. The highest BCUT2D eigenvalue weighted by molar-refractivity contribution is 5.79. The van der Waals surface area contributed by atoms with Crippen molar-refractivity contribution in [3.63, 3.8) is 0 Å². The lowest BCUT2D eigenvalue weighted by molar-refractivity contribution is -0.135. The molecule has 2 rings (SSSR count). The van der Waals surface area contributed by atoms with Gasteiger partial charge < -0.3 is 15.5 Å². The molecule has 1 aromatic carbocycles. The molecule has 1 saturated heterocycles. The van der Waals surface area contributed by atoms with Gasteiger partial charge in [0.1, 0.15) is 0 Å². The maximum atomic E-state index is 12.6. The number of carbonyl (C=O) groups excluding carboxylic acids is 1. The number of benzene rings is 1. The van der Waals surface area contributed by atoms with E-state index >= 15 is 0 Å². The van der Waals surface area contributed by atoms with E-state index in [2.05, 4.69) is 24.1 Å². The summed E-state index contributed by atoms with van der Waals surface area (Å²) in [5.74, 6) is 0.118. The zero-order valence-corrected chi connectivity index (χ0v) is 12.3. The lowest BCUT2D eigenvalue weighted by atomic mass is 9.98. The second-order valence-electron chi connectivity index (χ2n) is 5.60. The molecule has 2 N–H and O–H groups in total. The topological polar surface area (TPSA) is 49.6 Å². The van der Waals surface area contributed by atoms with Gasteiger partial charge in [0.2, 0.25) is 5.91 Å². The summed E-state index contributed by atoms with van der Waals surface area (Å²) in [7, 11) is 2.11. The number of rotatable bonds is 4. The second-order valence-corrected chi connectivity index (χ2v) is 5.60. The summed E-state index contributed by atoms with van der Waals surface area (Å²) in [5.41, 5.74) is 7.02. The molecule has 0 spiro atoms. The molecular weight excluding hydrogens is 250 g/mol.